The number of esters is 1. The van der Waals surface area contributed by atoms with Crippen molar-refractivity contribution in [1.29, 1.82) is 0 Å². The topological polar surface area (TPSA) is 51.5 Å². The second-order valence-corrected chi connectivity index (χ2v) is 2.31. The summed E-state index contributed by atoms with van der Waals surface area (Å²) in [5.41, 5.74) is 1.01. The van der Waals surface area contributed by atoms with Crippen LogP contribution in [-0.2, 0) is 16.1 Å². The van der Waals surface area contributed by atoms with Gasteiger partial charge in [-0.3, -0.25) is 4.79 Å². The van der Waals surface area contributed by atoms with Crippen LogP contribution in [0, 0.1) is 0 Å². The number of hydrogen-bond donors (Lipinski definition) is 1. The van der Waals surface area contributed by atoms with Gasteiger partial charge in [0.05, 0.1) is 26.2 Å². The molecule has 66 valence electrons. The van der Waals surface area contributed by atoms with Crippen molar-refractivity contribution >= 4 is 5.97 Å². The van der Waals surface area contributed by atoms with E-state index in [1.807, 2.05) is 6.07 Å². The van der Waals surface area contributed by atoms with Crippen molar-refractivity contribution in [1.82, 2.24) is 5.32 Å². The van der Waals surface area contributed by atoms with E-state index in [1.54, 1.807) is 12.5 Å². The van der Waals surface area contributed by atoms with E-state index in [0.29, 0.717) is 6.54 Å². The zero-order valence-electron chi connectivity index (χ0n) is 6.87. The zero-order chi connectivity index (χ0) is 8.81. The van der Waals surface area contributed by atoms with Crippen LogP contribution < -0.4 is 5.32 Å². The summed E-state index contributed by atoms with van der Waals surface area (Å²) in [6, 6.07) is 1.84. The fraction of sp³-hybridized carbons (Fsp3) is 0.375. The Kier molecular flexibility index (Phi) is 3.35. The molecule has 0 saturated heterocycles. The largest absolute Gasteiger partial charge is 0.472 e. The van der Waals surface area contributed by atoms with E-state index in [-0.39, 0.29) is 12.5 Å². The summed E-state index contributed by atoms with van der Waals surface area (Å²) in [6.45, 7) is 0.841. The van der Waals surface area contributed by atoms with Crippen LogP contribution >= 0.6 is 0 Å². The van der Waals surface area contributed by atoms with Gasteiger partial charge >= 0.3 is 5.97 Å². The number of hydrogen-bond acceptors (Lipinski definition) is 4. The molecule has 0 aliphatic rings. The summed E-state index contributed by atoms with van der Waals surface area (Å²) >= 11 is 0. The third-order valence-electron chi connectivity index (χ3n) is 1.41. The molecule has 4 heteroatoms. The number of furan rings is 1. The number of carbonyl (C=O) groups excluding carboxylic acids is 1. The Morgan fingerprint density at radius 2 is 2.58 bits per heavy atom. The van der Waals surface area contributed by atoms with Gasteiger partial charge in [-0.2, -0.15) is 0 Å². The highest BCUT2D eigenvalue weighted by atomic mass is 16.5. The van der Waals surface area contributed by atoms with Gasteiger partial charge in [0.25, 0.3) is 0 Å². The first-order chi connectivity index (χ1) is 5.83. The van der Waals surface area contributed by atoms with Gasteiger partial charge in [-0.15, -0.1) is 0 Å². The van der Waals surface area contributed by atoms with Gasteiger partial charge in [0.1, 0.15) is 0 Å². The Labute approximate surface area is 70.5 Å². The molecule has 0 aliphatic carbocycles. The number of rotatable bonds is 4. The fourth-order valence-corrected chi connectivity index (χ4v) is 0.774. The Morgan fingerprint density at radius 3 is 3.17 bits per heavy atom. The van der Waals surface area contributed by atoms with Crippen LogP contribution in [0.4, 0.5) is 0 Å². The van der Waals surface area contributed by atoms with Crippen LogP contribution in [0.25, 0.3) is 0 Å². The van der Waals surface area contributed by atoms with Crippen LogP contribution in [0.5, 0.6) is 0 Å². The average molecular weight is 169 g/mol. The molecule has 0 aromatic carbocycles. The van der Waals surface area contributed by atoms with E-state index in [9.17, 15) is 4.79 Å². The van der Waals surface area contributed by atoms with E-state index in [0.717, 1.165) is 5.56 Å². The maximum absolute atomic E-state index is 10.6. The van der Waals surface area contributed by atoms with E-state index in [4.69, 9.17) is 4.42 Å². The number of nitrogens with one attached hydrogen (secondary N) is 1. The lowest BCUT2D eigenvalue weighted by Crippen LogP contribution is -2.23. The molecular formula is C8H11NO3. The Balaban J connectivity index is 2.15. The molecule has 1 aromatic rings. The predicted molar refractivity (Wildman–Crippen MR) is 42.4 cm³/mol. The van der Waals surface area contributed by atoms with Gasteiger partial charge < -0.3 is 14.5 Å². The minimum absolute atomic E-state index is 0.224. The van der Waals surface area contributed by atoms with Gasteiger partial charge in [0.2, 0.25) is 0 Å². The van der Waals surface area contributed by atoms with Crippen molar-refractivity contribution in [2.45, 2.75) is 6.54 Å². The summed E-state index contributed by atoms with van der Waals surface area (Å²) in [5.74, 6) is -0.265. The van der Waals surface area contributed by atoms with Gasteiger partial charge in [-0.25, -0.2) is 0 Å². The molecule has 0 unspecified atom stereocenters. The van der Waals surface area contributed by atoms with Gasteiger partial charge in [-0.1, -0.05) is 0 Å². The molecule has 1 heterocycles. The van der Waals surface area contributed by atoms with Crippen molar-refractivity contribution in [2.24, 2.45) is 0 Å². The van der Waals surface area contributed by atoms with Crippen molar-refractivity contribution in [3.8, 4) is 0 Å². The molecule has 1 aromatic heterocycles. The SMILES string of the molecule is COC(=O)CNCc1ccoc1. The summed E-state index contributed by atoms with van der Waals surface area (Å²) in [4.78, 5) is 10.6. The Bertz CT molecular complexity index is 230. The molecule has 1 N–H and O–H groups in total. The first-order valence-electron chi connectivity index (χ1n) is 3.61. The molecule has 1 rings (SSSR count). The summed E-state index contributed by atoms with van der Waals surface area (Å²) in [5, 5.41) is 2.90. The summed E-state index contributed by atoms with van der Waals surface area (Å²) in [6.07, 6.45) is 3.22. The smallest absolute Gasteiger partial charge is 0.319 e. The Morgan fingerprint density at radius 1 is 1.75 bits per heavy atom. The highest BCUT2D eigenvalue weighted by molar-refractivity contribution is 5.71. The average Bonchev–Trinajstić information content (AvgIpc) is 2.57. The lowest BCUT2D eigenvalue weighted by molar-refractivity contribution is -0.139. The minimum Gasteiger partial charge on any atom is -0.472 e. The molecule has 0 bridgehead atoms. The van der Waals surface area contributed by atoms with Crippen LogP contribution in [0.3, 0.4) is 0 Å². The lowest BCUT2D eigenvalue weighted by Gasteiger charge is -1.99. The molecule has 0 radical (unpaired) electrons. The molecule has 0 atom stereocenters. The molecule has 0 spiro atoms. The third kappa shape index (κ3) is 2.75. The van der Waals surface area contributed by atoms with Crippen molar-refractivity contribution in [3.05, 3.63) is 24.2 Å². The third-order valence-corrected chi connectivity index (χ3v) is 1.41. The number of carbonyl (C=O) groups is 1. The van der Waals surface area contributed by atoms with Crippen LogP contribution in [0.15, 0.2) is 23.0 Å². The summed E-state index contributed by atoms with van der Waals surface area (Å²) < 4.78 is 9.29. The van der Waals surface area contributed by atoms with E-state index < -0.39 is 0 Å². The number of ether oxygens (including phenoxy) is 1. The second kappa shape index (κ2) is 4.56. The second-order valence-electron chi connectivity index (χ2n) is 2.31. The van der Waals surface area contributed by atoms with Gasteiger partial charge in [0, 0.05) is 12.1 Å². The lowest BCUT2D eigenvalue weighted by atomic mass is 10.3. The summed E-state index contributed by atoms with van der Waals surface area (Å²) in [7, 11) is 1.36. The van der Waals surface area contributed by atoms with Crippen molar-refractivity contribution in [3.63, 3.8) is 0 Å². The molecule has 0 fully saturated rings. The fourth-order valence-electron chi connectivity index (χ4n) is 0.774. The molecule has 0 saturated carbocycles. The molecule has 4 nitrogen and oxygen atoms in total. The molecule has 0 amide bonds. The zero-order valence-corrected chi connectivity index (χ0v) is 6.87. The highest BCUT2D eigenvalue weighted by Crippen LogP contribution is 1.97. The minimum atomic E-state index is -0.265. The van der Waals surface area contributed by atoms with Crippen LogP contribution in [0.1, 0.15) is 5.56 Å². The Hall–Kier alpha value is -1.29. The maximum atomic E-state index is 10.6. The predicted octanol–water partition coefficient (Wildman–Crippen LogP) is 0.542. The van der Waals surface area contributed by atoms with E-state index in [1.165, 1.54) is 7.11 Å². The van der Waals surface area contributed by atoms with E-state index >= 15 is 0 Å². The van der Waals surface area contributed by atoms with Crippen LogP contribution in [-0.4, -0.2) is 19.6 Å². The molecular weight excluding hydrogens is 158 g/mol. The first kappa shape index (κ1) is 8.80. The van der Waals surface area contributed by atoms with Crippen LogP contribution in [0.2, 0.25) is 0 Å². The monoisotopic (exact) mass is 169 g/mol. The molecule has 0 aliphatic heterocycles. The quantitative estimate of drug-likeness (QED) is 0.668. The highest BCUT2D eigenvalue weighted by Gasteiger charge is 1.98. The standard InChI is InChI=1S/C8H11NO3/c1-11-8(10)5-9-4-7-2-3-12-6-7/h2-3,6,9H,4-5H2,1H3. The van der Waals surface area contributed by atoms with Crippen molar-refractivity contribution < 1.29 is 13.9 Å². The first-order valence-corrected chi connectivity index (χ1v) is 3.61. The molecule has 12 heavy (non-hydrogen) atoms. The number of methoxy groups -OCH3 is 1. The van der Waals surface area contributed by atoms with Gasteiger partial charge in [-0.05, 0) is 6.07 Å². The maximum Gasteiger partial charge on any atom is 0.319 e. The van der Waals surface area contributed by atoms with E-state index in [2.05, 4.69) is 10.1 Å². The van der Waals surface area contributed by atoms with Gasteiger partial charge in [0.15, 0.2) is 0 Å². The normalized spacial score (nSPS) is 9.75. The van der Waals surface area contributed by atoms with Crippen molar-refractivity contribution in [2.75, 3.05) is 13.7 Å².